The van der Waals surface area contributed by atoms with Crippen LogP contribution in [0.1, 0.15) is 18.5 Å². The van der Waals surface area contributed by atoms with Crippen LogP contribution in [0.5, 0.6) is 0 Å². The summed E-state index contributed by atoms with van der Waals surface area (Å²) in [5, 5.41) is 11.3. The molecule has 1 aliphatic rings. The largest absolute Gasteiger partial charge is 0.414 e. The van der Waals surface area contributed by atoms with Crippen LogP contribution in [0.2, 0.25) is 19.6 Å². The van der Waals surface area contributed by atoms with E-state index in [2.05, 4.69) is 36.3 Å². The molecule has 2 aromatic carbocycles. The van der Waals surface area contributed by atoms with Gasteiger partial charge < -0.3 is 18.8 Å². The lowest BCUT2D eigenvalue weighted by atomic mass is 10.0. The number of aryl methyl sites for hydroxylation is 1. The van der Waals surface area contributed by atoms with E-state index in [-0.39, 0.29) is 18.0 Å². The minimum Gasteiger partial charge on any atom is -0.414 e. The van der Waals surface area contributed by atoms with E-state index in [1.807, 2.05) is 43.5 Å². The van der Waals surface area contributed by atoms with Gasteiger partial charge in [0.25, 0.3) is 0 Å². The molecule has 3 aromatic rings. The molecular weight excluding hydrogens is 409 g/mol. The number of hydrogen-bond acceptors (Lipinski definition) is 3. The monoisotopic (exact) mass is 439 g/mol. The molecule has 6 heteroatoms. The molecule has 0 spiro atoms. The predicted octanol–water partition coefficient (Wildman–Crippen LogP) is 5.72. The molecule has 1 unspecified atom stereocenters. The third-order valence-corrected chi connectivity index (χ3v) is 6.61. The third kappa shape index (κ3) is 4.98. The zero-order valence-corrected chi connectivity index (χ0v) is 19.5. The zero-order chi connectivity index (χ0) is 22.2. The maximum Gasteiger partial charge on any atom is 0.184 e. The molecule has 1 fully saturated rings. The molecule has 4 nitrogen and oxygen atoms in total. The van der Waals surface area contributed by atoms with Gasteiger partial charge in [-0.3, -0.25) is 0 Å². The zero-order valence-electron chi connectivity index (χ0n) is 18.5. The first-order valence-corrected chi connectivity index (χ1v) is 14.1. The van der Waals surface area contributed by atoms with Gasteiger partial charge in [0, 0.05) is 42.0 Å². The van der Waals surface area contributed by atoms with Gasteiger partial charge in [-0.1, -0.05) is 36.4 Å². The Morgan fingerprint density at radius 1 is 1.10 bits per heavy atom. The Bertz CT molecular complexity index is 1080. The number of halogens is 1. The summed E-state index contributed by atoms with van der Waals surface area (Å²) < 4.78 is 27.7. The molecule has 1 aliphatic heterocycles. The maximum atomic E-state index is 13.5. The smallest absolute Gasteiger partial charge is 0.184 e. The van der Waals surface area contributed by atoms with Gasteiger partial charge in [0.15, 0.2) is 14.6 Å². The van der Waals surface area contributed by atoms with Gasteiger partial charge in [-0.15, -0.1) is 0 Å². The predicted molar refractivity (Wildman–Crippen MR) is 126 cm³/mol. The molecule has 0 aliphatic carbocycles. The van der Waals surface area contributed by atoms with Crippen molar-refractivity contribution in [3.05, 3.63) is 66.1 Å². The Balaban J connectivity index is 1.69. The van der Waals surface area contributed by atoms with Crippen LogP contribution < -0.4 is 0 Å². The molecule has 31 heavy (non-hydrogen) atoms. The quantitative estimate of drug-likeness (QED) is 0.518. The van der Waals surface area contributed by atoms with E-state index in [9.17, 15) is 9.50 Å². The Kier molecular flexibility index (Phi) is 6.17. The SMILES string of the molecule is Cn1c(/C=C/[C@@H]2C[C@@H](O[Si](C)(C)C)CC(O)O2)c(-c2ccc(F)cc2)c2ccccc21. The van der Waals surface area contributed by atoms with Gasteiger partial charge >= 0.3 is 0 Å². The molecule has 0 saturated carbocycles. The van der Waals surface area contributed by atoms with E-state index in [0.29, 0.717) is 12.8 Å². The highest BCUT2D eigenvalue weighted by atomic mass is 28.4. The molecule has 1 aromatic heterocycles. The van der Waals surface area contributed by atoms with E-state index >= 15 is 0 Å². The second-order valence-electron chi connectivity index (χ2n) is 9.16. The van der Waals surface area contributed by atoms with E-state index < -0.39 is 14.6 Å². The van der Waals surface area contributed by atoms with Crippen LogP contribution in [0.15, 0.2) is 54.6 Å². The molecule has 0 amide bonds. The normalized spacial score (nSPS) is 22.5. The fourth-order valence-corrected chi connectivity index (χ4v) is 5.53. The van der Waals surface area contributed by atoms with Crippen LogP contribution in [-0.4, -0.2) is 36.5 Å². The summed E-state index contributed by atoms with van der Waals surface area (Å²) >= 11 is 0. The fraction of sp³-hybridized carbons (Fsp3) is 0.360. The highest BCUT2D eigenvalue weighted by Gasteiger charge is 2.31. The molecule has 3 atom stereocenters. The van der Waals surface area contributed by atoms with E-state index in [1.54, 1.807) is 0 Å². The number of ether oxygens (including phenoxy) is 1. The Morgan fingerprint density at radius 3 is 2.52 bits per heavy atom. The number of benzene rings is 2. The van der Waals surface area contributed by atoms with Crippen LogP contribution in [0.4, 0.5) is 4.39 Å². The number of hydrogen-bond donors (Lipinski definition) is 1. The summed E-state index contributed by atoms with van der Waals surface area (Å²) in [5.74, 6) is -0.251. The lowest BCUT2D eigenvalue weighted by molar-refractivity contribution is -0.172. The number of aromatic nitrogens is 1. The first-order valence-electron chi connectivity index (χ1n) is 10.7. The van der Waals surface area contributed by atoms with E-state index in [4.69, 9.17) is 9.16 Å². The molecule has 2 heterocycles. The van der Waals surface area contributed by atoms with Gasteiger partial charge in [0.1, 0.15) is 5.82 Å². The van der Waals surface area contributed by atoms with Crippen molar-refractivity contribution in [2.45, 2.75) is 51.0 Å². The number of nitrogens with zero attached hydrogens (tertiary/aromatic N) is 1. The summed E-state index contributed by atoms with van der Waals surface area (Å²) in [6.07, 6.45) is 4.21. The first kappa shape index (κ1) is 22.0. The van der Waals surface area contributed by atoms with Crippen molar-refractivity contribution < 1.29 is 18.7 Å². The van der Waals surface area contributed by atoms with Crippen LogP contribution >= 0.6 is 0 Å². The number of rotatable bonds is 5. The standard InChI is InChI=1S/C25H30FNO3Si/c1-27-22-8-6-5-7-21(22)25(17-9-11-18(26)12-10-17)23(27)14-13-19-15-20(16-24(28)29-19)30-31(2,3)4/h5-14,19-20,24,28H,15-16H2,1-4H3/b14-13+/t19-,20-,24?/m1/s1. The summed E-state index contributed by atoms with van der Waals surface area (Å²) in [5.41, 5.74) is 4.13. The van der Waals surface area contributed by atoms with Crippen molar-refractivity contribution in [2.24, 2.45) is 7.05 Å². The van der Waals surface area contributed by atoms with Gasteiger partial charge in [-0.2, -0.15) is 0 Å². The molecule has 164 valence electrons. The molecule has 1 saturated heterocycles. The van der Waals surface area contributed by atoms with Gasteiger partial charge in [-0.05, 0) is 49.5 Å². The van der Waals surface area contributed by atoms with Crippen molar-refractivity contribution in [3.63, 3.8) is 0 Å². The van der Waals surface area contributed by atoms with Crippen LogP contribution in [-0.2, 0) is 16.2 Å². The highest BCUT2D eigenvalue weighted by molar-refractivity contribution is 6.69. The second kappa shape index (κ2) is 8.71. The van der Waals surface area contributed by atoms with Crippen LogP contribution in [0.3, 0.4) is 0 Å². The molecular formula is C25H30FNO3Si. The summed E-state index contributed by atoms with van der Waals surface area (Å²) in [6.45, 7) is 6.47. The number of para-hydroxylation sites is 1. The highest BCUT2D eigenvalue weighted by Crippen LogP contribution is 2.36. The van der Waals surface area contributed by atoms with Gasteiger partial charge in [0.2, 0.25) is 0 Å². The van der Waals surface area contributed by atoms with E-state index in [0.717, 1.165) is 27.7 Å². The van der Waals surface area contributed by atoms with E-state index in [1.165, 1.54) is 12.1 Å². The summed E-state index contributed by atoms with van der Waals surface area (Å²) in [4.78, 5) is 0. The van der Waals surface area contributed by atoms with Crippen molar-refractivity contribution >= 4 is 25.3 Å². The summed E-state index contributed by atoms with van der Waals surface area (Å²) in [6, 6.07) is 14.8. The third-order valence-electron chi connectivity index (χ3n) is 5.57. The van der Waals surface area contributed by atoms with Crippen molar-refractivity contribution in [1.29, 1.82) is 0 Å². The lowest BCUT2D eigenvalue weighted by Gasteiger charge is -2.35. The fourth-order valence-electron chi connectivity index (χ4n) is 4.34. The van der Waals surface area contributed by atoms with Crippen molar-refractivity contribution in [3.8, 4) is 11.1 Å². The molecule has 1 N–H and O–H groups in total. The molecule has 0 radical (unpaired) electrons. The van der Waals surface area contributed by atoms with Crippen LogP contribution in [0, 0.1) is 5.82 Å². The summed E-state index contributed by atoms with van der Waals surface area (Å²) in [7, 11) is 0.325. The van der Waals surface area contributed by atoms with Crippen LogP contribution in [0.25, 0.3) is 28.1 Å². The molecule has 0 bridgehead atoms. The maximum absolute atomic E-state index is 13.5. The second-order valence-corrected chi connectivity index (χ2v) is 13.6. The number of aliphatic hydroxyl groups is 1. The van der Waals surface area contributed by atoms with Gasteiger partial charge in [0.05, 0.1) is 12.2 Å². The lowest BCUT2D eigenvalue weighted by Crippen LogP contribution is -2.41. The van der Waals surface area contributed by atoms with Crippen molar-refractivity contribution in [1.82, 2.24) is 4.57 Å². The van der Waals surface area contributed by atoms with Gasteiger partial charge in [-0.25, -0.2) is 4.39 Å². The topological polar surface area (TPSA) is 43.6 Å². The Morgan fingerprint density at radius 2 is 1.81 bits per heavy atom. The average molecular weight is 440 g/mol. The van der Waals surface area contributed by atoms with Crippen molar-refractivity contribution in [2.75, 3.05) is 0 Å². The molecule has 4 rings (SSSR count). The minimum atomic E-state index is -1.71. The Labute approximate surface area is 184 Å². The number of aliphatic hydroxyl groups excluding tert-OH is 1. The Hall–Kier alpha value is -2.25. The first-order chi connectivity index (χ1) is 14.7. The number of fused-ring (bicyclic) bond motifs is 1. The average Bonchev–Trinajstić information content (AvgIpc) is 2.97. The minimum absolute atomic E-state index is 0.00544.